The number of aryl methyl sites for hydroxylation is 1. The van der Waals surface area contributed by atoms with Crippen molar-refractivity contribution < 1.29 is 8.42 Å². The molecule has 3 nitrogen and oxygen atoms in total. The molecule has 116 valence electrons. The fourth-order valence-electron chi connectivity index (χ4n) is 2.95. The average Bonchev–Trinajstić information content (AvgIpc) is 2.60. The molecular weight excluding hydrogens is 282 g/mol. The highest BCUT2D eigenvalue weighted by molar-refractivity contribution is 7.91. The maximum Gasteiger partial charge on any atom is 0.178 e. The molecule has 4 heteroatoms. The molecule has 0 saturated carbocycles. The summed E-state index contributed by atoms with van der Waals surface area (Å²) in [6, 6.07) is 5.63. The van der Waals surface area contributed by atoms with E-state index < -0.39 is 9.84 Å². The lowest BCUT2D eigenvalue weighted by molar-refractivity contribution is 0.472. The SMILES string of the molecule is C=CN(C)c1ccc2c(c1)CCC(CCCC)CS2(=O)=O. The van der Waals surface area contributed by atoms with Crippen LogP contribution in [-0.4, -0.2) is 21.2 Å². The summed E-state index contributed by atoms with van der Waals surface area (Å²) in [5.74, 6) is 0.597. The van der Waals surface area contributed by atoms with Crippen molar-refractivity contribution in [2.45, 2.75) is 43.9 Å². The lowest BCUT2D eigenvalue weighted by Crippen LogP contribution is -2.14. The van der Waals surface area contributed by atoms with E-state index in [0.29, 0.717) is 16.6 Å². The van der Waals surface area contributed by atoms with E-state index in [0.717, 1.165) is 43.4 Å². The van der Waals surface area contributed by atoms with Gasteiger partial charge in [-0.25, -0.2) is 8.42 Å². The van der Waals surface area contributed by atoms with E-state index in [-0.39, 0.29) is 0 Å². The van der Waals surface area contributed by atoms with E-state index in [1.54, 1.807) is 12.3 Å². The van der Waals surface area contributed by atoms with Gasteiger partial charge in [0.05, 0.1) is 10.6 Å². The van der Waals surface area contributed by atoms with Crippen LogP contribution in [0.3, 0.4) is 0 Å². The first-order chi connectivity index (χ1) is 9.97. The van der Waals surface area contributed by atoms with Crippen molar-refractivity contribution in [1.82, 2.24) is 0 Å². The van der Waals surface area contributed by atoms with Gasteiger partial charge < -0.3 is 4.90 Å². The summed E-state index contributed by atoms with van der Waals surface area (Å²) in [5, 5.41) is 0. The molecule has 1 heterocycles. The van der Waals surface area contributed by atoms with E-state index in [1.807, 2.05) is 24.1 Å². The first-order valence-electron chi connectivity index (χ1n) is 7.69. The molecule has 2 rings (SSSR count). The van der Waals surface area contributed by atoms with Crippen LogP contribution in [0.5, 0.6) is 0 Å². The molecule has 1 unspecified atom stereocenters. The highest BCUT2D eigenvalue weighted by Gasteiger charge is 2.27. The van der Waals surface area contributed by atoms with Gasteiger partial charge in [0, 0.05) is 12.7 Å². The number of unbranched alkanes of at least 4 members (excludes halogenated alkanes) is 1. The average molecular weight is 307 g/mol. The molecule has 0 saturated heterocycles. The number of sulfone groups is 1. The van der Waals surface area contributed by atoms with Gasteiger partial charge in [-0.1, -0.05) is 26.3 Å². The molecule has 0 amide bonds. The van der Waals surface area contributed by atoms with Crippen LogP contribution in [0, 0.1) is 5.92 Å². The van der Waals surface area contributed by atoms with Crippen LogP contribution in [0.25, 0.3) is 0 Å². The molecule has 1 atom stereocenters. The highest BCUT2D eigenvalue weighted by Crippen LogP contribution is 2.31. The van der Waals surface area contributed by atoms with Gasteiger partial charge >= 0.3 is 0 Å². The number of benzene rings is 1. The van der Waals surface area contributed by atoms with Crippen molar-refractivity contribution >= 4 is 15.5 Å². The van der Waals surface area contributed by atoms with Gasteiger partial charge in [-0.2, -0.15) is 0 Å². The first-order valence-corrected chi connectivity index (χ1v) is 9.34. The van der Waals surface area contributed by atoms with E-state index in [1.165, 1.54) is 0 Å². The summed E-state index contributed by atoms with van der Waals surface area (Å²) in [7, 11) is -1.23. The second kappa shape index (κ2) is 6.65. The summed E-state index contributed by atoms with van der Waals surface area (Å²) in [5.41, 5.74) is 1.95. The lowest BCUT2D eigenvalue weighted by atomic mass is 9.96. The topological polar surface area (TPSA) is 37.4 Å². The highest BCUT2D eigenvalue weighted by atomic mass is 32.2. The molecule has 0 aliphatic carbocycles. The monoisotopic (exact) mass is 307 g/mol. The van der Waals surface area contributed by atoms with Gasteiger partial charge in [0.25, 0.3) is 0 Å². The number of anilines is 1. The Bertz CT molecular complexity index is 607. The Morgan fingerprint density at radius 2 is 2.19 bits per heavy atom. The zero-order valence-electron chi connectivity index (χ0n) is 13.0. The summed E-state index contributed by atoms with van der Waals surface area (Å²) < 4.78 is 25.2. The van der Waals surface area contributed by atoms with Gasteiger partial charge in [0.2, 0.25) is 0 Å². The fraction of sp³-hybridized carbons (Fsp3) is 0.529. The molecule has 0 radical (unpaired) electrons. The molecule has 0 N–H and O–H groups in total. The minimum absolute atomic E-state index is 0.294. The maximum absolute atomic E-state index is 12.6. The van der Waals surface area contributed by atoms with Crippen molar-refractivity contribution in [2.75, 3.05) is 17.7 Å². The largest absolute Gasteiger partial charge is 0.352 e. The van der Waals surface area contributed by atoms with Crippen molar-refractivity contribution in [3.05, 3.63) is 36.5 Å². The van der Waals surface area contributed by atoms with Crippen LogP contribution >= 0.6 is 0 Å². The predicted octanol–water partition coefficient (Wildman–Crippen LogP) is 3.79. The maximum atomic E-state index is 12.6. The first kappa shape index (κ1) is 16.1. The molecule has 1 aromatic carbocycles. The van der Waals surface area contributed by atoms with Gasteiger partial charge in [0.15, 0.2) is 9.84 Å². The quantitative estimate of drug-likeness (QED) is 0.830. The Balaban J connectivity index is 2.32. The lowest BCUT2D eigenvalue weighted by Gasteiger charge is -2.16. The minimum atomic E-state index is -3.15. The van der Waals surface area contributed by atoms with Gasteiger partial charge in [-0.05, 0) is 55.1 Å². The number of nitrogens with zero attached hydrogens (tertiary/aromatic N) is 1. The summed E-state index contributed by atoms with van der Waals surface area (Å²) in [4.78, 5) is 2.44. The molecule has 1 aliphatic heterocycles. The third-order valence-electron chi connectivity index (χ3n) is 4.30. The number of fused-ring (bicyclic) bond motifs is 1. The number of hydrogen-bond acceptors (Lipinski definition) is 3. The van der Waals surface area contributed by atoms with Gasteiger partial charge in [0.1, 0.15) is 0 Å². The molecule has 21 heavy (non-hydrogen) atoms. The molecule has 1 aromatic rings. The standard InChI is InChI=1S/C17H25NO2S/c1-4-6-7-14-8-9-15-12-16(18(3)5-2)10-11-17(15)21(19,20)13-14/h5,10-12,14H,2,4,6-9,13H2,1,3H3. The van der Waals surface area contributed by atoms with Gasteiger partial charge in [-0.15, -0.1) is 0 Å². The molecule has 0 fully saturated rings. The van der Waals surface area contributed by atoms with E-state index >= 15 is 0 Å². The van der Waals surface area contributed by atoms with E-state index in [9.17, 15) is 8.42 Å². The zero-order valence-corrected chi connectivity index (χ0v) is 13.8. The van der Waals surface area contributed by atoms with Crippen LogP contribution in [-0.2, 0) is 16.3 Å². The van der Waals surface area contributed by atoms with Crippen LogP contribution < -0.4 is 4.90 Å². The van der Waals surface area contributed by atoms with Crippen molar-refractivity contribution in [1.29, 1.82) is 0 Å². The van der Waals surface area contributed by atoms with Crippen molar-refractivity contribution in [3.8, 4) is 0 Å². The summed E-state index contributed by atoms with van der Waals surface area (Å²) in [6.07, 6.45) is 6.80. The van der Waals surface area contributed by atoms with Crippen LogP contribution in [0.15, 0.2) is 35.9 Å². The Morgan fingerprint density at radius 3 is 2.86 bits per heavy atom. The minimum Gasteiger partial charge on any atom is -0.352 e. The van der Waals surface area contributed by atoms with E-state index in [2.05, 4.69) is 13.5 Å². The van der Waals surface area contributed by atoms with Crippen LogP contribution in [0.1, 0.15) is 38.2 Å². The Labute approximate surface area is 128 Å². The Morgan fingerprint density at radius 1 is 1.43 bits per heavy atom. The Hall–Kier alpha value is -1.29. The number of rotatable bonds is 5. The third kappa shape index (κ3) is 3.67. The van der Waals surface area contributed by atoms with Crippen molar-refractivity contribution in [2.24, 2.45) is 5.92 Å². The molecule has 0 bridgehead atoms. The molecule has 0 spiro atoms. The molecule has 1 aliphatic rings. The third-order valence-corrected chi connectivity index (χ3v) is 6.28. The second-order valence-electron chi connectivity index (χ2n) is 5.91. The van der Waals surface area contributed by atoms with E-state index in [4.69, 9.17) is 0 Å². The normalized spacial score (nSPS) is 20.4. The number of hydrogen-bond donors (Lipinski definition) is 0. The second-order valence-corrected chi connectivity index (χ2v) is 7.92. The Kier molecular flexibility index (Phi) is 5.09. The molecular formula is C17H25NO2S. The molecule has 0 aromatic heterocycles. The zero-order chi connectivity index (χ0) is 15.5. The predicted molar refractivity (Wildman–Crippen MR) is 88.4 cm³/mol. The smallest absolute Gasteiger partial charge is 0.178 e. The van der Waals surface area contributed by atoms with Crippen LogP contribution in [0.4, 0.5) is 5.69 Å². The van der Waals surface area contributed by atoms with Gasteiger partial charge in [-0.3, -0.25) is 0 Å². The summed E-state index contributed by atoms with van der Waals surface area (Å²) in [6.45, 7) is 5.90. The fourth-order valence-corrected chi connectivity index (χ4v) is 4.92. The van der Waals surface area contributed by atoms with Crippen molar-refractivity contribution in [3.63, 3.8) is 0 Å². The van der Waals surface area contributed by atoms with Crippen LogP contribution in [0.2, 0.25) is 0 Å². The summed E-state index contributed by atoms with van der Waals surface area (Å²) >= 11 is 0.